The van der Waals surface area contributed by atoms with Crippen molar-refractivity contribution in [3.8, 4) is 0 Å². The van der Waals surface area contributed by atoms with Crippen LogP contribution in [0.25, 0.3) is 0 Å². The topological polar surface area (TPSA) is 12.0 Å². The van der Waals surface area contributed by atoms with Gasteiger partial charge in [-0.15, -0.1) is 23.1 Å². The van der Waals surface area contributed by atoms with Gasteiger partial charge in [0.1, 0.15) is 0 Å². The van der Waals surface area contributed by atoms with Crippen LogP contribution in [-0.2, 0) is 12.8 Å². The summed E-state index contributed by atoms with van der Waals surface area (Å²) in [6, 6.07) is 13.6. The molecule has 1 heterocycles. The van der Waals surface area contributed by atoms with Gasteiger partial charge in [-0.05, 0) is 49.7 Å². The Hall–Kier alpha value is -0.290. The van der Waals surface area contributed by atoms with E-state index < -0.39 is 0 Å². The molecule has 1 aromatic carbocycles. The minimum absolute atomic E-state index is 0.530. The molecule has 0 aliphatic heterocycles. The van der Waals surface area contributed by atoms with Gasteiger partial charge in [-0.2, -0.15) is 0 Å². The number of thiophene rings is 1. The molecular formula is C17H22BrNS2. The summed E-state index contributed by atoms with van der Waals surface area (Å²) in [6.45, 7) is 5.43. The fourth-order valence-electron chi connectivity index (χ4n) is 2.20. The Morgan fingerprint density at radius 3 is 2.67 bits per heavy atom. The number of likely N-dealkylation sites (N-methyl/N-ethyl adjacent to an activating group) is 1. The van der Waals surface area contributed by atoms with Crippen LogP contribution in [0.15, 0.2) is 45.8 Å². The van der Waals surface area contributed by atoms with E-state index in [0.717, 1.165) is 29.6 Å². The smallest absolute Gasteiger partial charge is 0.0209 e. The Balaban J connectivity index is 1.92. The van der Waals surface area contributed by atoms with Gasteiger partial charge in [0, 0.05) is 30.9 Å². The largest absolute Gasteiger partial charge is 0.313 e. The molecule has 2 aromatic rings. The van der Waals surface area contributed by atoms with Crippen LogP contribution in [0.5, 0.6) is 0 Å². The van der Waals surface area contributed by atoms with Crippen LogP contribution in [-0.4, -0.2) is 18.3 Å². The maximum atomic E-state index is 3.62. The zero-order chi connectivity index (χ0) is 15.1. The van der Waals surface area contributed by atoms with E-state index in [4.69, 9.17) is 0 Å². The van der Waals surface area contributed by atoms with Gasteiger partial charge < -0.3 is 5.32 Å². The molecule has 0 radical (unpaired) electrons. The molecule has 0 spiro atoms. The van der Waals surface area contributed by atoms with Crippen molar-refractivity contribution < 1.29 is 0 Å². The minimum Gasteiger partial charge on any atom is -0.313 e. The molecule has 1 aromatic heterocycles. The summed E-state index contributed by atoms with van der Waals surface area (Å²) in [4.78, 5) is 4.31. The van der Waals surface area contributed by atoms with Crippen LogP contribution in [0.4, 0.5) is 0 Å². The summed E-state index contributed by atoms with van der Waals surface area (Å²) in [6.07, 6.45) is 2.27. The average Bonchev–Trinajstić information content (AvgIpc) is 2.93. The summed E-state index contributed by atoms with van der Waals surface area (Å²) >= 11 is 7.42. The zero-order valence-electron chi connectivity index (χ0n) is 12.6. The van der Waals surface area contributed by atoms with Crippen molar-refractivity contribution >= 4 is 39.0 Å². The quantitative estimate of drug-likeness (QED) is 0.613. The van der Waals surface area contributed by atoms with E-state index in [2.05, 4.69) is 71.5 Å². The van der Waals surface area contributed by atoms with Gasteiger partial charge in [0.2, 0.25) is 0 Å². The number of halogens is 1. The molecule has 0 bridgehead atoms. The van der Waals surface area contributed by atoms with E-state index in [9.17, 15) is 0 Å². The van der Waals surface area contributed by atoms with E-state index in [1.165, 1.54) is 14.6 Å². The molecule has 2 rings (SSSR count). The molecule has 0 saturated heterocycles. The Morgan fingerprint density at radius 2 is 2.00 bits per heavy atom. The predicted molar refractivity (Wildman–Crippen MR) is 99.7 cm³/mol. The molecular weight excluding hydrogens is 362 g/mol. The van der Waals surface area contributed by atoms with E-state index in [-0.39, 0.29) is 0 Å². The van der Waals surface area contributed by atoms with Crippen molar-refractivity contribution in [1.29, 1.82) is 0 Å². The molecule has 1 N–H and O–H groups in total. The lowest BCUT2D eigenvalue weighted by Gasteiger charge is -2.16. The maximum absolute atomic E-state index is 3.62. The number of benzene rings is 1. The molecule has 0 aliphatic rings. The molecule has 4 heteroatoms. The molecule has 1 unspecified atom stereocenters. The highest BCUT2D eigenvalue weighted by molar-refractivity contribution is 9.10. The predicted octanol–water partition coefficient (Wildman–Crippen LogP) is 5.39. The standard InChI is InChI=1S/C17H22BrNS2/c1-3-15-8-9-17(21-15)11-14(19-4-2)12-20-16-7-5-6-13(18)10-16/h5-10,14,19H,3-4,11-12H2,1-2H3. The molecule has 1 atom stereocenters. The third-order valence-electron chi connectivity index (χ3n) is 3.25. The molecule has 1 nitrogen and oxygen atoms in total. The average molecular weight is 384 g/mol. The minimum atomic E-state index is 0.530. The van der Waals surface area contributed by atoms with Crippen LogP contribution in [0.1, 0.15) is 23.6 Å². The fraction of sp³-hybridized carbons (Fsp3) is 0.412. The van der Waals surface area contributed by atoms with Crippen molar-refractivity contribution in [3.05, 3.63) is 50.6 Å². The normalized spacial score (nSPS) is 12.5. The number of aryl methyl sites for hydroxylation is 1. The zero-order valence-corrected chi connectivity index (χ0v) is 15.8. The number of thioether (sulfide) groups is 1. The van der Waals surface area contributed by atoms with Crippen molar-refractivity contribution in [2.75, 3.05) is 12.3 Å². The van der Waals surface area contributed by atoms with Gasteiger partial charge in [-0.3, -0.25) is 0 Å². The lowest BCUT2D eigenvalue weighted by molar-refractivity contribution is 0.576. The highest BCUT2D eigenvalue weighted by atomic mass is 79.9. The second kappa shape index (κ2) is 8.99. The molecule has 0 amide bonds. The van der Waals surface area contributed by atoms with E-state index in [1.54, 1.807) is 0 Å². The van der Waals surface area contributed by atoms with Crippen molar-refractivity contribution in [2.24, 2.45) is 0 Å². The van der Waals surface area contributed by atoms with Gasteiger partial charge in [-0.1, -0.05) is 35.8 Å². The second-order valence-electron chi connectivity index (χ2n) is 4.95. The Morgan fingerprint density at radius 1 is 1.19 bits per heavy atom. The van der Waals surface area contributed by atoms with E-state index in [0.29, 0.717) is 6.04 Å². The van der Waals surface area contributed by atoms with E-state index >= 15 is 0 Å². The molecule has 0 saturated carbocycles. The maximum Gasteiger partial charge on any atom is 0.0209 e. The Kier molecular flexibility index (Phi) is 7.30. The highest BCUT2D eigenvalue weighted by Crippen LogP contribution is 2.24. The first-order chi connectivity index (χ1) is 10.2. The SMILES string of the molecule is CCNC(CSc1cccc(Br)c1)Cc1ccc(CC)s1. The molecule has 114 valence electrons. The van der Waals surface area contributed by atoms with Crippen LogP contribution in [0.2, 0.25) is 0 Å². The third kappa shape index (κ3) is 5.78. The van der Waals surface area contributed by atoms with Crippen LogP contribution >= 0.6 is 39.0 Å². The van der Waals surface area contributed by atoms with Crippen LogP contribution in [0, 0.1) is 0 Å². The Labute approximate surface area is 144 Å². The monoisotopic (exact) mass is 383 g/mol. The number of hydrogen-bond donors (Lipinski definition) is 1. The molecule has 21 heavy (non-hydrogen) atoms. The second-order valence-corrected chi connectivity index (χ2v) is 8.21. The summed E-state index contributed by atoms with van der Waals surface area (Å²) in [5, 5.41) is 3.62. The molecule has 0 aliphatic carbocycles. The number of rotatable bonds is 8. The summed E-state index contributed by atoms with van der Waals surface area (Å²) in [7, 11) is 0. The summed E-state index contributed by atoms with van der Waals surface area (Å²) in [5.41, 5.74) is 0. The lowest BCUT2D eigenvalue weighted by atomic mass is 10.2. The molecule has 0 fully saturated rings. The summed E-state index contributed by atoms with van der Waals surface area (Å²) in [5.74, 6) is 1.10. The van der Waals surface area contributed by atoms with Gasteiger partial charge in [0.25, 0.3) is 0 Å². The third-order valence-corrected chi connectivity index (χ3v) is 6.15. The van der Waals surface area contributed by atoms with Gasteiger partial charge in [-0.25, -0.2) is 0 Å². The van der Waals surface area contributed by atoms with Crippen LogP contribution < -0.4 is 5.32 Å². The lowest BCUT2D eigenvalue weighted by Crippen LogP contribution is -2.32. The fourth-order valence-corrected chi connectivity index (χ4v) is 4.80. The van der Waals surface area contributed by atoms with Gasteiger partial charge in [0.15, 0.2) is 0 Å². The Bertz CT molecular complexity index is 553. The van der Waals surface area contributed by atoms with Crippen molar-refractivity contribution in [3.63, 3.8) is 0 Å². The number of hydrogen-bond acceptors (Lipinski definition) is 3. The van der Waals surface area contributed by atoms with Gasteiger partial charge in [0.05, 0.1) is 0 Å². The first-order valence-corrected chi connectivity index (χ1v) is 10.00. The van der Waals surface area contributed by atoms with Crippen LogP contribution in [0.3, 0.4) is 0 Å². The highest BCUT2D eigenvalue weighted by Gasteiger charge is 2.11. The van der Waals surface area contributed by atoms with E-state index in [1.807, 2.05) is 23.1 Å². The number of nitrogens with one attached hydrogen (secondary N) is 1. The van der Waals surface area contributed by atoms with Crippen molar-refractivity contribution in [1.82, 2.24) is 5.32 Å². The first-order valence-electron chi connectivity index (χ1n) is 7.40. The summed E-state index contributed by atoms with van der Waals surface area (Å²) < 4.78 is 1.15. The van der Waals surface area contributed by atoms with Crippen molar-refractivity contribution in [2.45, 2.75) is 37.6 Å². The van der Waals surface area contributed by atoms with Gasteiger partial charge >= 0.3 is 0 Å². The first kappa shape index (κ1) is 17.1.